The molecule has 0 aliphatic rings. The van der Waals surface area contributed by atoms with Crippen molar-refractivity contribution in [2.45, 2.75) is 6.04 Å². The van der Waals surface area contributed by atoms with E-state index in [1.54, 1.807) is 0 Å². The lowest BCUT2D eigenvalue weighted by Gasteiger charge is -2.07. The van der Waals surface area contributed by atoms with E-state index in [0.717, 1.165) is 0 Å². The number of rotatable bonds is 4. The second-order valence-electron chi connectivity index (χ2n) is 1.70. The number of aliphatic hydroxyl groups is 1. The Labute approximate surface area is 52.7 Å². The van der Waals surface area contributed by atoms with Crippen LogP contribution in [0.5, 0.6) is 0 Å². The summed E-state index contributed by atoms with van der Waals surface area (Å²) in [4.78, 5) is 19.8. The summed E-state index contributed by atoms with van der Waals surface area (Å²) in [6, 6.07) is -0.868. The molecule has 0 saturated heterocycles. The molecular weight excluding hydrogens is 122 g/mol. The molecule has 9 heavy (non-hydrogen) atoms. The summed E-state index contributed by atoms with van der Waals surface area (Å²) in [5, 5.41) is 8.36. The molecular formula is C5H9NO3. The van der Waals surface area contributed by atoms with Crippen LogP contribution in [0.1, 0.15) is 0 Å². The van der Waals surface area contributed by atoms with Gasteiger partial charge in [-0.15, -0.1) is 0 Å². The van der Waals surface area contributed by atoms with Crippen molar-refractivity contribution in [3.05, 3.63) is 0 Å². The summed E-state index contributed by atoms with van der Waals surface area (Å²) in [6.45, 7) is -0.372. The molecule has 0 aliphatic carbocycles. The minimum atomic E-state index is -0.868. The molecule has 0 aromatic carbocycles. The van der Waals surface area contributed by atoms with Crippen LogP contribution in [0.2, 0.25) is 0 Å². The predicted octanol–water partition coefficient (Wildman–Crippen LogP) is -1.68. The number of hydrogen-bond acceptors (Lipinski definition) is 4. The lowest BCUT2D eigenvalue weighted by atomic mass is 10.1. The number of carbonyl (C=O) groups is 2. The Balaban J connectivity index is 3.77. The minimum absolute atomic E-state index is 0.372. The first-order chi connectivity index (χ1) is 4.26. The van der Waals surface area contributed by atoms with Crippen molar-refractivity contribution >= 4 is 12.6 Å². The van der Waals surface area contributed by atoms with Crippen LogP contribution in [-0.2, 0) is 9.59 Å². The van der Waals surface area contributed by atoms with E-state index >= 15 is 0 Å². The zero-order valence-corrected chi connectivity index (χ0v) is 4.86. The highest BCUT2D eigenvalue weighted by Gasteiger charge is 2.13. The van der Waals surface area contributed by atoms with E-state index in [9.17, 15) is 9.59 Å². The Kier molecular flexibility index (Phi) is 3.83. The molecule has 3 N–H and O–H groups in total. The lowest BCUT2D eigenvalue weighted by Crippen LogP contribution is -2.34. The second-order valence-corrected chi connectivity index (χ2v) is 1.70. The maximum atomic E-state index is 9.94. The molecule has 0 fully saturated rings. The standard InChI is InChI=1S/C5H9NO3/c6-5(3-9)4(1-7)2-8/h1,3-5,8H,2,6H2. The van der Waals surface area contributed by atoms with Gasteiger partial charge in [-0.05, 0) is 0 Å². The molecule has 52 valence electrons. The van der Waals surface area contributed by atoms with E-state index in [0.29, 0.717) is 12.6 Å². The molecule has 4 heteroatoms. The number of nitrogens with two attached hydrogens (primary N) is 1. The topological polar surface area (TPSA) is 80.4 Å². The SMILES string of the molecule is NC(C=O)C(C=O)CO. The van der Waals surface area contributed by atoms with Crippen LogP contribution in [0.25, 0.3) is 0 Å². The van der Waals surface area contributed by atoms with Gasteiger partial charge in [0.15, 0.2) is 0 Å². The second kappa shape index (κ2) is 4.17. The molecule has 0 heterocycles. The zero-order valence-electron chi connectivity index (χ0n) is 4.86. The molecule has 0 saturated carbocycles. The van der Waals surface area contributed by atoms with E-state index in [1.165, 1.54) is 0 Å². The lowest BCUT2D eigenvalue weighted by molar-refractivity contribution is -0.117. The molecule has 0 spiro atoms. The maximum Gasteiger partial charge on any atom is 0.137 e. The summed E-state index contributed by atoms with van der Waals surface area (Å²) in [5.41, 5.74) is 5.08. The highest BCUT2D eigenvalue weighted by atomic mass is 16.3. The van der Waals surface area contributed by atoms with Crippen LogP contribution < -0.4 is 5.73 Å². The van der Waals surface area contributed by atoms with Crippen LogP contribution in [0.15, 0.2) is 0 Å². The van der Waals surface area contributed by atoms with E-state index in [-0.39, 0.29) is 6.61 Å². The van der Waals surface area contributed by atoms with Crippen molar-refractivity contribution < 1.29 is 14.7 Å². The summed E-state index contributed by atoms with van der Waals surface area (Å²) in [6.07, 6.45) is 0.911. The highest BCUT2D eigenvalue weighted by molar-refractivity contribution is 5.67. The third-order valence-corrected chi connectivity index (χ3v) is 1.04. The van der Waals surface area contributed by atoms with Gasteiger partial charge in [-0.25, -0.2) is 0 Å². The van der Waals surface area contributed by atoms with Crippen LogP contribution in [-0.4, -0.2) is 30.3 Å². The Bertz CT molecular complexity index is 104. The Morgan fingerprint density at radius 3 is 2.11 bits per heavy atom. The number of aliphatic hydroxyl groups excluding tert-OH is 1. The van der Waals surface area contributed by atoms with Crippen LogP contribution in [0.3, 0.4) is 0 Å². The first-order valence-corrected chi connectivity index (χ1v) is 2.53. The molecule has 0 aliphatic heterocycles. The fourth-order valence-corrected chi connectivity index (χ4v) is 0.356. The number of carbonyl (C=O) groups excluding carboxylic acids is 2. The average molecular weight is 131 g/mol. The van der Waals surface area contributed by atoms with E-state index in [2.05, 4.69) is 0 Å². The van der Waals surface area contributed by atoms with Crippen molar-refractivity contribution in [3.8, 4) is 0 Å². The fraction of sp³-hybridized carbons (Fsp3) is 0.600. The van der Waals surface area contributed by atoms with Gasteiger partial charge in [-0.1, -0.05) is 0 Å². The molecule has 0 bridgehead atoms. The van der Waals surface area contributed by atoms with Crippen molar-refractivity contribution in [1.82, 2.24) is 0 Å². The van der Waals surface area contributed by atoms with Crippen LogP contribution >= 0.6 is 0 Å². The van der Waals surface area contributed by atoms with E-state index < -0.39 is 12.0 Å². The molecule has 0 aromatic rings. The van der Waals surface area contributed by atoms with Gasteiger partial charge in [-0.3, -0.25) is 0 Å². The van der Waals surface area contributed by atoms with Crippen molar-refractivity contribution in [2.75, 3.05) is 6.61 Å². The van der Waals surface area contributed by atoms with Gasteiger partial charge < -0.3 is 20.4 Å². The Hall–Kier alpha value is -0.740. The first-order valence-electron chi connectivity index (χ1n) is 2.53. The molecule has 0 radical (unpaired) electrons. The molecule has 0 rings (SSSR count). The summed E-state index contributed by atoms with van der Waals surface area (Å²) >= 11 is 0. The first kappa shape index (κ1) is 8.26. The predicted molar refractivity (Wildman–Crippen MR) is 30.7 cm³/mol. The zero-order chi connectivity index (χ0) is 7.28. The molecule has 2 unspecified atom stereocenters. The monoisotopic (exact) mass is 131 g/mol. The minimum Gasteiger partial charge on any atom is -0.396 e. The molecule has 0 aromatic heterocycles. The van der Waals surface area contributed by atoms with Gasteiger partial charge in [0, 0.05) is 0 Å². The maximum absolute atomic E-state index is 9.94. The third-order valence-electron chi connectivity index (χ3n) is 1.04. The molecule has 2 atom stereocenters. The van der Waals surface area contributed by atoms with Crippen LogP contribution in [0.4, 0.5) is 0 Å². The molecule has 0 amide bonds. The summed E-state index contributed by atoms with van der Waals surface area (Å²) < 4.78 is 0. The normalized spacial score (nSPS) is 16.2. The number of hydrogen-bond donors (Lipinski definition) is 2. The van der Waals surface area contributed by atoms with Crippen molar-refractivity contribution in [3.63, 3.8) is 0 Å². The van der Waals surface area contributed by atoms with Gasteiger partial charge in [0.05, 0.1) is 18.6 Å². The quantitative estimate of drug-likeness (QED) is 0.446. The summed E-state index contributed by atoms with van der Waals surface area (Å²) in [5.74, 6) is -0.748. The van der Waals surface area contributed by atoms with Gasteiger partial charge >= 0.3 is 0 Å². The average Bonchev–Trinajstić information content (AvgIpc) is 1.90. The van der Waals surface area contributed by atoms with Gasteiger partial charge in [-0.2, -0.15) is 0 Å². The van der Waals surface area contributed by atoms with Gasteiger partial charge in [0.25, 0.3) is 0 Å². The Morgan fingerprint density at radius 1 is 1.44 bits per heavy atom. The third kappa shape index (κ3) is 2.34. The largest absolute Gasteiger partial charge is 0.396 e. The van der Waals surface area contributed by atoms with Crippen molar-refractivity contribution in [1.29, 1.82) is 0 Å². The summed E-state index contributed by atoms with van der Waals surface area (Å²) in [7, 11) is 0. The van der Waals surface area contributed by atoms with E-state index in [1.807, 2.05) is 0 Å². The van der Waals surface area contributed by atoms with Crippen molar-refractivity contribution in [2.24, 2.45) is 11.7 Å². The highest BCUT2D eigenvalue weighted by Crippen LogP contribution is 1.91. The smallest absolute Gasteiger partial charge is 0.137 e. The van der Waals surface area contributed by atoms with E-state index in [4.69, 9.17) is 10.8 Å². The van der Waals surface area contributed by atoms with Gasteiger partial charge in [0.1, 0.15) is 12.6 Å². The Morgan fingerprint density at radius 2 is 2.00 bits per heavy atom. The molecule has 4 nitrogen and oxygen atoms in total. The van der Waals surface area contributed by atoms with Crippen LogP contribution in [0, 0.1) is 5.92 Å². The number of aldehydes is 2. The fourth-order valence-electron chi connectivity index (χ4n) is 0.356. The van der Waals surface area contributed by atoms with Gasteiger partial charge in [0.2, 0.25) is 0 Å².